The van der Waals surface area contributed by atoms with Gasteiger partial charge in [0.15, 0.2) is 5.65 Å². The van der Waals surface area contributed by atoms with Gasteiger partial charge in [-0.1, -0.05) is 0 Å². The minimum atomic E-state index is -0.968. The number of rotatable bonds is 3. The number of nitriles is 1. The summed E-state index contributed by atoms with van der Waals surface area (Å²) in [4.78, 5) is 27.0. The summed E-state index contributed by atoms with van der Waals surface area (Å²) in [6.07, 6.45) is -0.00941. The monoisotopic (exact) mass is 260 g/mol. The third-order valence-electron chi connectivity index (χ3n) is 2.96. The fourth-order valence-electron chi connectivity index (χ4n) is 1.98. The van der Waals surface area contributed by atoms with E-state index in [1.807, 2.05) is 6.07 Å². The van der Waals surface area contributed by atoms with E-state index < -0.39 is 5.97 Å². The SMILES string of the molecule is Cc1nc2c(C#N)c(C)[nH]n2c(=O)c1CCC(=O)O. The highest BCUT2D eigenvalue weighted by Crippen LogP contribution is 2.12. The van der Waals surface area contributed by atoms with Crippen molar-refractivity contribution in [3.05, 3.63) is 32.9 Å². The lowest BCUT2D eigenvalue weighted by Gasteiger charge is -2.03. The molecule has 0 aromatic carbocycles. The molecule has 2 aromatic rings. The minimum absolute atomic E-state index is 0.121. The molecule has 0 aliphatic rings. The normalized spacial score (nSPS) is 10.6. The van der Waals surface area contributed by atoms with Gasteiger partial charge in [-0.2, -0.15) is 9.78 Å². The molecule has 0 amide bonds. The largest absolute Gasteiger partial charge is 0.481 e. The van der Waals surface area contributed by atoms with E-state index in [1.54, 1.807) is 13.8 Å². The molecule has 2 heterocycles. The lowest BCUT2D eigenvalue weighted by atomic mass is 10.1. The molecule has 0 aliphatic carbocycles. The molecule has 0 aliphatic heterocycles. The number of nitrogens with zero attached hydrogens (tertiary/aromatic N) is 3. The zero-order chi connectivity index (χ0) is 14.2. The van der Waals surface area contributed by atoms with Gasteiger partial charge in [0.05, 0.1) is 5.69 Å². The predicted octanol–water partition coefficient (Wildman–Crippen LogP) is 0.528. The zero-order valence-corrected chi connectivity index (χ0v) is 10.5. The van der Waals surface area contributed by atoms with Crippen LogP contribution in [0.2, 0.25) is 0 Å². The van der Waals surface area contributed by atoms with Crippen LogP contribution >= 0.6 is 0 Å². The van der Waals surface area contributed by atoms with Gasteiger partial charge in [0.25, 0.3) is 5.56 Å². The Balaban J connectivity index is 2.67. The Kier molecular flexibility index (Phi) is 3.09. The van der Waals surface area contributed by atoms with Crippen LogP contribution in [0.4, 0.5) is 0 Å². The van der Waals surface area contributed by atoms with Gasteiger partial charge in [-0.05, 0) is 20.3 Å². The first-order valence-electron chi connectivity index (χ1n) is 5.68. The standard InChI is InChI=1S/C12H12N4O3/c1-6-8(3-4-10(17)18)12(19)16-11(14-6)9(5-13)7(2)15-16/h15H,3-4H2,1-2H3,(H,17,18). The molecule has 19 heavy (non-hydrogen) atoms. The van der Waals surface area contributed by atoms with Gasteiger partial charge in [-0.25, -0.2) is 4.98 Å². The van der Waals surface area contributed by atoms with E-state index in [1.165, 1.54) is 4.52 Å². The third kappa shape index (κ3) is 2.08. The van der Waals surface area contributed by atoms with Crippen LogP contribution in [-0.4, -0.2) is 25.7 Å². The summed E-state index contributed by atoms with van der Waals surface area (Å²) in [5, 5.41) is 20.5. The summed E-state index contributed by atoms with van der Waals surface area (Å²) in [6, 6.07) is 1.99. The van der Waals surface area contributed by atoms with Gasteiger partial charge in [0, 0.05) is 17.7 Å². The van der Waals surface area contributed by atoms with Crippen LogP contribution in [0.15, 0.2) is 4.79 Å². The highest BCUT2D eigenvalue weighted by molar-refractivity contribution is 5.67. The number of aromatic amines is 1. The number of fused-ring (bicyclic) bond motifs is 1. The average molecular weight is 260 g/mol. The first-order chi connectivity index (χ1) is 8.95. The number of aliphatic carboxylic acids is 1. The molecule has 0 bridgehead atoms. The Morgan fingerprint density at radius 3 is 2.79 bits per heavy atom. The second-order valence-corrected chi connectivity index (χ2v) is 4.26. The number of carbonyl (C=O) groups is 1. The van der Waals surface area contributed by atoms with E-state index >= 15 is 0 Å². The van der Waals surface area contributed by atoms with E-state index in [4.69, 9.17) is 10.4 Å². The van der Waals surface area contributed by atoms with Crippen molar-refractivity contribution in [2.75, 3.05) is 0 Å². The highest BCUT2D eigenvalue weighted by Gasteiger charge is 2.16. The molecule has 0 spiro atoms. The molecule has 2 N–H and O–H groups in total. The molecular formula is C12H12N4O3. The Labute approximate surface area is 108 Å². The summed E-state index contributed by atoms with van der Waals surface area (Å²) in [6.45, 7) is 3.32. The summed E-state index contributed by atoms with van der Waals surface area (Å²) >= 11 is 0. The number of carboxylic acids is 1. The van der Waals surface area contributed by atoms with Crippen molar-refractivity contribution in [1.82, 2.24) is 14.6 Å². The summed E-state index contributed by atoms with van der Waals surface area (Å²) in [5.41, 5.74) is 1.62. The first-order valence-corrected chi connectivity index (χ1v) is 5.68. The van der Waals surface area contributed by atoms with E-state index in [9.17, 15) is 9.59 Å². The van der Waals surface area contributed by atoms with E-state index in [-0.39, 0.29) is 24.0 Å². The maximum atomic E-state index is 12.2. The Morgan fingerprint density at radius 1 is 1.53 bits per heavy atom. The van der Waals surface area contributed by atoms with Crippen LogP contribution in [0, 0.1) is 25.2 Å². The average Bonchev–Trinajstić information content (AvgIpc) is 2.64. The van der Waals surface area contributed by atoms with E-state index in [0.29, 0.717) is 22.5 Å². The van der Waals surface area contributed by atoms with Gasteiger partial charge in [-0.15, -0.1) is 0 Å². The quantitative estimate of drug-likeness (QED) is 0.836. The van der Waals surface area contributed by atoms with Crippen molar-refractivity contribution >= 4 is 11.6 Å². The van der Waals surface area contributed by atoms with Crippen molar-refractivity contribution < 1.29 is 9.90 Å². The van der Waals surface area contributed by atoms with Gasteiger partial charge in [0.2, 0.25) is 0 Å². The van der Waals surface area contributed by atoms with Crippen LogP contribution in [0.1, 0.15) is 28.9 Å². The van der Waals surface area contributed by atoms with Crippen molar-refractivity contribution in [2.24, 2.45) is 0 Å². The Bertz CT molecular complexity index is 764. The Hall–Kier alpha value is -2.62. The van der Waals surface area contributed by atoms with Crippen molar-refractivity contribution in [1.29, 1.82) is 5.26 Å². The second-order valence-electron chi connectivity index (χ2n) is 4.26. The van der Waals surface area contributed by atoms with E-state index in [2.05, 4.69) is 10.1 Å². The van der Waals surface area contributed by atoms with Crippen molar-refractivity contribution in [3.8, 4) is 6.07 Å². The summed E-state index contributed by atoms with van der Waals surface area (Å²) < 4.78 is 1.19. The second kappa shape index (κ2) is 4.57. The van der Waals surface area contributed by atoms with Crippen LogP contribution in [0.5, 0.6) is 0 Å². The molecule has 7 nitrogen and oxygen atoms in total. The molecule has 0 saturated heterocycles. The zero-order valence-electron chi connectivity index (χ0n) is 10.5. The lowest BCUT2D eigenvalue weighted by Crippen LogP contribution is -2.22. The smallest absolute Gasteiger partial charge is 0.303 e. The number of carboxylic acid groups (broad SMARTS) is 1. The van der Waals surface area contributed by atoms with Crippen LogP contribution in [0.25, 0.3) is 5.65 Å². The number of H-pyrrole nitrogens is 1. The van der Waals surface area contributed by atoms with Crippen LogP contribution < -0.4 is 5.56 Å². The number of nitrogens with one attached hydrogen (secondary N) is 1. The highest BCUT2D eigenvalue weighted by atomic mass is 16.4. The fraction of sp³-hybridized carbons (Fsp3) is 0.333. The van der Waals surface area contributed by atoms with Gasteiger partial charge >= 0.3 is 5.97 Å². The number of aromatic nitrogens is 3. The van der Waals surface area contributed by atoms with Crippen LogP contribution in [-0.2, 0) is 11.2 Å². The third-order valence-corrected chi connectivity index (χ3v) is 2.96. The predicted molar refractivity (Wildman–Crippen MR) is 66.0 cm³/mol. The molecule has 0 radical (unpaired) electrons. The molecule has 98 valence electrons. The van der Waals surface area contributed by atoms with Gasteiger partial charge in [0.1, 0.15) is 11.6 Å². The summed E-state index contributed by atoms with van der Waals surface area (Å²) in [5.74, 6) is -0.968. The molecule has 7 heteroatoms. The molecule has 0 unspecified atom stereocenters. The maximum absolute atomic E-state index is 12.2. The van der Waals surface area contributed by atoms with E-state index in [0.717, 1.165) is 0 Å². The minimum Gasteiger partial charge on any atom is -0.481 e. The van der Waals surface area contributed by atoms with Crippen molar-refractivity contribution in [3.63, 3.8) is 0 Å². The number of hydrogen-bond acceptors (Lipinski definition) is 4. The maximum Gasteiger partial charge on any atom is 0.303 e. The van der Waals surface area contributed by atoms with Gasteiger partial charge in [-0.3, -0.25) is 14.7 Å². The number of aryl methyl sites for hydroxylation is 2. The number of hydrogen-bond donors (Lipinski definition) is 2. The molecule has 0 fully saturated rings. The van der Waals surface area contributed by atoms with Crippen LogP contribution in [0.3, 0.4) is 0 Å². The summed E-state index contributed by atoms with van der Waals surface area (Å²) in [7, 11) is 0. The molecular weight excluding hydrogens is 248 g/mol. The Morgan fingerprint density at radius 2 is 2.21 bits per heavy atom. The topological polar surface area (TPSA) is 111 Å². The lowest BCUT2D eigenvalue weighted by molar-refractivity contribution is -0.136. The molecule has 2 aromatic heterocycles. The molecule has 2 rings (SSSR count). The van der Waals surface area contributed by atoms with Crippen molar-refractivity contribution in [2.45, 2.75) is 26.7 Å². The molecule has 0 atom stereocenters. The van der Waals surface area contributed by atoms with Gasteiger partial charge < -0.3 is 5.11 Å². The molecule has 0 saturated carbocycles. The first kappa shape index (κ1) is 12.8. The fourth-order valence-corrected chi connectivity index (χ4v) is 1.98.